The Kier molecular flexibility index (Phi) is 7.59. The van der Waals surface area contributed by atoms with Gasteiger partial charge >= 0.3 is 0 Å². The summed E-state index contributed by atoms with van der Waals surface area (Å²) in [5.74, 6) is 1.79. The van der Waals surface area contributed by atoms with E-state index in [0.717, 1.165) is 42.8 Å². The smallest absolute Gasteiger partial charge is 0.191 e. The van der Waals surface area contributed by atoms with Crippen LogP contribution in [0.2, 0.25) is 0 Å². The average Bonchev–Trinajstić information content (AvgIpc) is 2.38. The van der Waals surface area contributed by atoms with E-state index < -0.39 is 0 Å². The van der Waals surface area contributed by atoms with Crippen LogP contribution < -0.4 is 10.6 Å². The van der Waals surface area contributed by atoms with E-state index in [9.17, 15) is 0 Å². The molecule has 1 rings (SSSR count). The van der Waals surface area contributed by atoms with Crippen molar-refractivity contribution in [1.29, 1.82) is 0 Å². The lowest BCUT2D eigenvalue weighted by atomic mass is 10.3. The quantitative estimate of drug-likeness (QED) is 0.412. The van der Waals surface area contributed by atoms with Crippen LogP contribution >= 0.6 is 11.8 Å². The monoisotopic (exact) mass is 283 g/mol. The Bertz CT molecular complexity index is 370. The standard InChI is InChI=1S/C13H25N5S/c1-5-14-11-10-12(17-13(16-11)19-4)15-8-6-7-9-18(2)3/h10H,5-9H2,1-4H3,(H2,14,15,16,17). The summed E-state index contributed by atoms with van der Waals surface area (Å²) < 4.78 is 0. The second-order valence-electron chi connectivity index (χ2n) is 4.59. The molecule has 19 heavy (non-hydrogen) atoms. The first kappa shape index (κ1) is 16.0. The summed E-state index contributed by atoms with van der Waals surface area (Å²) in [5, 5.41) is 7.40. The average molecular weight is 283 g/mol. The van der Waals surface area contributed by atoms with Gasteiger partial charge in [0.05, 0.1) is 0 Å². The van der Waals surface area contributed by atoms with E-state index in [0.29, 0.717) is 0 Å². The molecule has 0 aliphatic rings. The number of unbranched alkanes of at least 4 members (excludes halogenated alkanes) is 1. The van der Waals surface area contributed by atoms with E-state index in [1.807, 2.05) is 12.3 Å². The lowest BCUT2D eigenvalue weighted by molar-refractivity contribution is 0.396. The fourth-order valence-electron chi connectivity index (χ4n) is 1.65. The van der Waals surface area contributed by atoms with Gasteiger partial charge in [0, 0.05) is 19.2 Å². The van der Waals surface area contributed by atoms with E-state index in [1.54, 1.807) is 11.8 Å². The summed E-state index contributed by atoms with van der Waals surface area (Å²) >= 11 is 1.56. The number of aromatic nitrogens is 2. The molecular formula is C13H25N5S. The van der Waals surface area contributed by atoms with Crippen LogP contribution in [0.25, 0.3) is 0 Å². The zero-order valence-corrected chi connectivity index (χ0v) is 13.2. The molecule has 0 amide bonds. The van der Waals surface area contributed by atoms with E-state index in [1.165, 1.54) is 6.42 Å². The maximum atomic E-state index is 4.46. The number of anilines is 2. The van der Waals surface area contributed by atoms with E-state index in [4.69, 9.17) is 0 Å². The topological polar surface area (TPSA) is 53.1 Å². The third-order valence-corrected chi connectivity index (χ3v) is 3.13. The van der Waals surface area contributed by atoms with Crippen LogP contribution in [-0.2, 0) is 0 Å². The van der Waals surface area contributed by atoms with Crippen molar-refractivity contribution in [3.05, 3.63) is 6.07 Å². The summed E-state index contributed by atoms with van der Waals surface area (Å²) in [6.45, 7) is 5.01. The van der Waals surface area contributed by atoms with Gasteiger partial charge in [-0.1, -0.05) is 11.8 Å². The SMILES string of the molecule is CCNc1cc(NCCCCN(C)C)nc(SC)n1. The molecule has 2 N–H and O–H groups in total. The van der Waals surface area contributed by atoms with Crippen LogP contribution in [0.5, 0.6) is 0 Å². The van der Waals surface area contributed by atoms with Gasteiger partial charge in [0.15, 0.2) is 5.16 Å². The molecular weight excluding hydrogens is 258 g/mol. The van der Waals surface area contributed by atoms with Crippen molar-refractivity contribution in [3.8, 4) is 0 Å². The summed E-state index contributed by atoms with van der Waals surface area (Å²) in [4.78, 5) is 11.1. The van der Waals surface area contributed by atoms with Crippen LogP contribution in [0.3, 0.4) is 0 Å². The van der Waals surface area contributed by atoms with Crippen molar-refractivity contribution in [2.24, 2.45) is 0 Å². The van der Waals surface area contributed by atoms with Crippen molar-refractivity contribution >= 4 is 23.4 Å². The molecule has 0 radical (unpaired) electrons. The molecule has 0 unspecified atom stereocenters. The van der Waals surface area contributed by atoms with Gasteiger partial charge in [-0.2, -0.15) is 0 Å². The highest BCUT2D eigenvalue weighted by Crippen LogP contribution is 2.17. The maximum Gasteiger partial charge on any atom is 0.191 e. The van der Waals surface area contributed by atoms with Gasteiger partial charge in [0.25, 0.3) is 0 Å². The molecule has 1 heterocycles. The fraction of sp³-hybridized carbons (Fsp3) is 0.692. The molecule has 0 bridgehead atoms. The predicted octanol–water partition coefficient (Wildman–Crippen LogP) is 2.38. The van der Waals surface area contributed by atoms with Gasteiger partial charge in [-0.05, 0) is 46.7 Å². The molecule has 108 valence electrons. The van der Waals surface area contributed by atoms with E-state index in [-0.39, 0.29) is 0 Å². The summed E-state index contributed by atoms with van der Waals surface area (Å²) in [6.07, 6.45) is 4.33. The van der Waals surface area contributed by atoms with Crippen LogP contribution in [0.1, 0.15) is 19.8 Å². The maximum absolute atomic E-state index is 4.46. The molecule has 0 aliphatic heterocycles. The van der Waals surface area contributed by atoms with Crippen molar-refractivity contribution in [1.82, 2.24) is 14.9 Å². The highest BCUT2D eigenvalue weighted by Gasteiger charge is 2.03. The van der Waals surface area contributed by atoms with E-state index in [2.05, 4.69) is 46.5 Å². The Morgan fingerprint density at radius 1 is 1.16 bits per heavy atom. The van der Waals surface area contributed by atoms with Gasteiger partial charge in [-0.15, -0.1) is 0 Å². The highest BCUT2D eigenvalue weighted by molar-refractivity contribution is 7.98. The first-order valence-electron chi connectivity index (χ1n) is 6.71. The zero-order valence-electron chi connectivity index (χ0n) is 12.4. The molecule has 0 saturated carbocycles. The molecule has 1 aromatic heterocycles. The summed E-state index contributed by atoms with van der Waals surface area (Å²) in [5.41, 5.74) is 0. The number of thioether (sulfide) groups is 1. The molecule has 0 atom stereocenters. The van der Waals surface area contributed by atoms with Crippen LogP contribution in [-0.4, -0.2) is 54.9 Å². The number of rotatable bonds is 9. The molecule has 0 spiro atoms. The second-order valence-corrected chi connectivity index (χ2v) is 5.37. The molecule has 0 aliphatic carbocycles. The van der Waals surface area contributed by atoms with Gasteiger partial charge in [0.1, 0.15) is 11.6 Å². The molecule has 5 nitrogen and oxygen atoms in total. The first-order valence-corrected chi connectivity index (χ1v) is 7.93. The van der Waals surface area contributed by atoms with E-state index >= 15 is 0 Å². The minimum Gasteiger partial charge on any atom is -0.370 e. The third kappa shape index (κ3) is 6.63. The Labute approximate surface area is 120 Å². The van der Waals surface area contributed by atoms with Crippen LogP contribution in [0.4, 0.5) is 11.6 Å². The van der Waals surface area contributed by atoms with Crippen molar-refractivity contribution in [2.75, 3.05) is 50.6 Å². The summed E-state index contributed by atoms with van der Waals surface area (Å²) in [6, 6.07) is 1.97. The molecule has 0 saturated heterocycles. The zero-order chi connectivity index (χ0) is 14.1. The van der Waals surface area contributed by atoms with Crippen molar-refractivity contribution in [2.45, 2.75) is 24.9 Å². The van der Waals surface area contributed by atoms with Crippen LogP contribution in [0.15, 0.2) is 11.2 Å². The Morgan fingerprint density at radius 2 is 1.84 bits per heavy atom. The molecule has 0 fully saturated rings. The number of nitrogens with one attached hydrogen (secondary N) is 2. The third-order valence-electron chi connectivity index (χ3n) is 2.58. The predicted molar refractivity (Wildman–Crippen MR) is 84.3 cm³/mol. The number of hydrogen-bond acceptors (Lipinski definition) is 6. The minimum absolute atomic E-state index is 0.800. The fourth-order valence-corrected chi connectivity index (χ4v) is 2.03. The van der Waals surface area contributed by atoms with Gasteiger partial charge in [-0.25, -0.2) is 9.97 Å². The Balaban J connectivity index is 2.45. The van der Waals surface area contributed by atoms with Gasteiger partial charge in [-0.3, -0.25) is 0 Å². The van der Waals surface area contributed by atoms with Crippen LogP contribution in [0, 0.1) is 0 Å². The lowest BCUT2D eigenvalue weighted by Crippen LogP contribution is -2.14. The normalized spacial score (nSPS) is 10.8. The van der Waals surface area contributed by atoms with Crippen molar-refractivity contribution < 1.29 is 0 Å². The Hall–Kier alpha value is -1.01. The lowest BCUT2D eigenvalue weighted by Gasteiger charge is -2.11. The van der Waals surface area contributed by atoms with Crippen molar-refractivity contribution in [3.63, 3.8) is 0 Å². The number of nitrogens with zero attached hydrogens (tertiary/aromatic N) is 3. The largest absolute Gasteiger partial charge is 0.370 e. The number of hydrogen-bond donors (Lipinski definition) is 2. The van der Waals surface area contributed by atoms with Gasteiger partial charge in [0.2, 0.25) is 0 Å². The molecule has 1 aromatic rings. The Morgan fingerprint density at radius 3 is 2.42 bits per heavy atom. The minimum atomic E-state index is 0.800. The molecule has 6 heteroatoms. The molecule has 0 aromatic carbocycles. The van der Waals surface area contributed by atoms with Gasteiger partial charge < -0.3 is 15.5 Å². The second kappa shape index (κ2) is 8.98. The highest BCUT2D eigenvalue weighted by atomic mass is 32.2. The first-order chi connectivity index (χ1) is 9.15. The summed E-state index contributed by atoms with van der Waals surface area (Å²) in [7, 11) is 4.20.